The van der Waals surface area contributed by atoms with Crippen molar-refractivity contribution in [3.63, 3.8) is 0 Å². The summed E-state index contributed by atoms with van der Waals surface area (Å²) in [5.41, 5.74) is 1.72. The lowest BCUT2D eigenvalue weighted by molar-refractivity contribution is 0.398. The molecule has 0 unspecified atom stereocenters. The average Bonchev–Trinajstić information content (AvgIpc) is 2.89. The van der Waals surface area contributed by atoms with Crippen molar-refractivity contribution in [3.8, 4) is 62.5 Å². The number of rotatable bonds is 5. The van der Waals surface area contributed by atoms with Gasteiger partial charge in [-0.05, 0) is 77.7 Å². The van der Waals surface area contributed by atoms with Crippen LogP contribution in [-0.4, -0.2) is 35.7 Å². The molecule has 0 aliphatic heterocycles. The average molecular weight is 523 g/mol. The van der Waals surface area contributed by atoms with E-state index in [0.29, 0.717) is 11.1 Å². The number of hydrogen-bond acceptors (Lipinski definition) is 7. The van der Waals surface area contributed by atoms with Crippen molar-refractivity contribution in [1.82, 2.24) is 0 Å². The number of phenols is 7. The molecule has 5 rings (SSSR count). The van der Waals surface area contributed by atoms with Gasteiger partial charge in [0.15, 0.2) is 0 Å². The van der Waals surface area contributed by atoms with E-state index < -0.39 is 16.9 Å². The zero-order chi connectivity index (χ0) is 27.9. The molecule has 0 atom stereocenters. The van der Waals surface area contributed by atoms with Gasteiger partial charge in [-0.2, -0.15) is 0 Å². The lowest BCUT2D eigenvalue weighted by atomic mass is 9.68. The minimum Gasteiger partial charge on any atom is -0.508 e. The molecule has 0 saturated heterocycles. The summed E-state index contributed by atoms with van der Waals surface area (Å²) < 4.78 is 0. The van der Waals surface area contributed by atoms with Gasteiger partial charge in [0.05, 0.1) is 11.0 Å². The molecule has 0 aromatic heterocycles. The van der Waals surface area contributed by atoms with Crippen molar-refractivity contribution in [2.75, 3.05) is 0 Å². The Labute approximate surface area is 224 Å². The van der Waals surface area contributed by atoms with Gasteiger partial charge >= 0.3 is 0 Å². The second-order valence-electron chi connectivity index (χ2n) is 9.54. The van der Waals surface area contributed by atoms with E-state index in [0.717, 1.165) is 23.3 Å². The van der Waals surface area contributed by atoms with E-state index >= 15 is 0 Å². The van der Waals surface area contributed by atoms with Crippen molar-refractivity contribution in [2.45, 2.75) is 12.3 Å². The third-order valence-corrected chi connectivity index (χ3v) is 7.05. The predicted molar refractivity (Wildman–Crippen MR) is 147 cm³/mol. The normalized spacial score (nSPS) is 11.4. The molecule has 0 bridgehead atoms. The van der Waals surface area contributed by atoms with E-state index in [4.69, 9.17) is 0 Å². The van der Waals surface area contributed by atoms with E-state index in [1.165, 1.54) is 36.4 Å². The van der Waals surface area contributed by atoms with Crippen LogP contribution < -0.4 is 0 Å². The quantitative estimate of drug-likeness (QED) is 0.134. The summed E-state index contributed by atoms with van der Waals surface area (Å²) in [6.07, 6.45) is 0. The highest BCUT2D eigenvalue weighted by Gasteiger charge is 2.41. The number of aromatic hydroxyl groups is 7. The van der Waals surface area contributed by atoms with Crippen LogP contribution in [-0.2, 0) is 5.41 Å². The van der Waals surface area contributed by atoms with E-state index in [9.17, 15) is 35.7 Å². The van der Waals surface area contributed by atoms with Crippen LogP contribution in [0.2, 0.25) is 0 Å². The third kappa shape index (κ3) is 4.51. The minimum absolute atomic E-state index is 0.0448. The van der Waals surface area contributed by atoms with Gasteiger partial charge in [-0.15, -0.1) is 0 Å². The first-order chi connectivity index (χ1) is 18.6. The lowest BCUT2D eigenvalue weighted by Gasteiger charge is -2.34. The Balaban J connectivity index is 1.83. The van der Waals surface area contributed by atoms with Gasteiger partial charge in [0.25, 0.3) is 0 Å². The highest BCUT2D eigenvalue weighted by molar-refractivity contribution is 5.74. The van der Waals surface area contributed by atoms with Crippen LogP contribution in [0.25, 0.3) is 22.3 Å². The van der Waals surface area contributed by atoms with Gasteiger partial charge in [0.2, 0.25) is 0 Å². The molecule has 0 amide bonds. The fourth-order valence-electron chi connectivity index (χ4n) is 5.06. The summed E-state index contributed by atoms with van der Waals surface area (Å²) in [6.45, 7) is 1.64. The van der Waals surface area contributed by atoms with Crippen molar-refractivity contribution < 1.29 is 35.7 Å². The second kappa shape index (κ2) is 9.54. The smallest absolute Gasteiger partial charge is 0.127 e. The monoisotopic (exact) mass is 522 g/mol. The van der Waals surface area contributed by atoms with Crippen LogP contribution in [0.1, 0.15) is 23.6 Å². The molecule has 0 aliphatic rings. The summed E-state index contributed by atoms with van der Waals surface area (Å²) in [4.78, 5) is 0. The van der Waals surface area contributed by atoms with Crippen LogP contribution in [0.4, 0.5) is 0 Å². The summed E-state index contributed by atoms with van der Waals surface area (Å²) in [6, 6.07) is 24.8. The maximum atomic E-state index is 11.2. The molecule has 0 aliphatic carbocycles. The Bertz CT molecular complexity index is 1560. The van der Waals surface area contributed by atoms with E-state index in [-0.39, 0.29) is 45.4 Å². The molecule has 196 valence electrons. The zero-order valence-electron chi connectivity index (χ0n) is 20.9. The van der Waals surface area contributed by atoms with Gasteiger partial charge in [-0.3, -0.25) is 0 Å². The van der Waals surface area contributed by atoms with Crippen LogP contribution in [0, 0.1) is 0 Å². The second-order valence-corrected chi connectivity index (χ2v) is 9.54. The van der Waals surface area contributed by atoms with Gasteiger partial charge in [0, 0.05) is 23.3 Å². The first-order valence-corrected chi connectivity index (χ1v) is 12.1. The minimum atomic E-state index is -1.55. The van der Waals surface area contributed by atoms with Gasteiger partial charge in [0.1, 0.15) is 40.2 Å². The molecule has 0 spiro atoms. The molecule has 0 radical (unpaired) electrons. The molecule has 7 nitrogen and oxygen atoms in total. The van der Waals surface area contributed by atoms with Crippen molar-refractivity contribution >= 4 is 0 Å². The van der Waals surface area contributed by atoms with Crippen LogP contribution in [0.5, 0.6) is 40.2 Å². The van der Waals surface area contributed by atoms with Crippen LogP contribution >= 0.6 is 0 Å². The van der Waals surface area contributed by atoms with Gasteiger partial charge in [-0.1, -0.05) is 36.4 Å². The van der Waals surface area contributed by atoms with Crippen molar-refractivity contribution in [1.29, 1.82) is 0 Å². The lowest BCUT2D eigenvalue weighted by Crippen LogP contribution is -2.26. The number of hydrogen-bond donors (Lipinski definition) is 7. The largest absolute Gasteiger partial charge is 0.508 e. The SMILES string of the molecule is CC(c1cc(-c2ccc(O)cc2)ccc1O)(c1cc(-c2ccc(O)cc2)ccc1O)c1c(O)cc(O)cc1O. The number of phenolic OH excluding ortho intramolecular Hbond substituents is 7. The fourth-order valence-corrected chi connectivity index (χ4v) is 5.06. The standard InChI is InChI=1S/C32H26O7/c1-32(31-29(38)16-24(35)17-30(31)39,25-14-20(6-12-27(25)36)18-2-8-22(33)9-3-18)26-15-21(7-13-28(26)37)19-4-10-23(34)11-5-19/h2-17,33-39H,1H3. The van der Waals surface area contributed by atoms with Gasteiger partial charge in [-0.25, -0.2) is 0 Å². The summed E-state index contributed by atoms with van der Waals surface area (Å²) >= 11 is 0. The Morgan fingerprint density at radius 2 is 0.744 bits per heavy atom. The molecular weight excluding hydrogens is 496 g/mol. The van der Waals surface area contributed by atoms with E-state index in [2.05, 4.69) is 0 Å². The number of benzene rings is 5. The van der Waals surface area contributed by atoms with E-state index in [1.54, 1.807) is 55.5 Å². The maximum absolute atomic E-state index is 11.2. The maximum Gasteiger partial charge on any atom is 0.127 e. The topological polar surface area (TPSA) is 142 Å². The molecule has 0 heterocycles. The zero-order valence-corrected chi connectivity index (χ0v) is 20.9. The Kier molecular flexibility index (Phi) is 6.20. The Morgan fingerprint density at radius 1 is 0.385 bits per heavy atom. The third-order valence-electron chi connectivity index (χ3n) is 7.05. The van der Waals surface area contributed by atoms with E-state index in [1.807, 2.05) is 0 Å². The summed E-state index contributed by atoms with van der Waals surface area (Å²) in [5.74, 6) is -1.39. The first kappa shape index (κ1) is 25.4. The predicted octanol–water partition coefficient (Wildman–Crippen LogP) is 6.31. The highest BCUT2D eigenvalue weighted by atomic mass is 16.3. The first-order valence-electron chi connectivity index (χ1n) is 12.1. The van der Waals surface area contributed by atoms with Crippen molar-refractivity contribution in [3.05, 3.63) is 114 Å². The van der Waals surface area contributed by atoms with Crippen LogP contribution in [0.15, 0.2) is 97.1 Å². The fraction of sp³-hybridized carbons (Fsp3) is 0.0625. The molecule has 0 saturated carbocycles. The van der Waals surface area contributed by atoms with Crippen LogP contribution in [0.3, 0.4) is 0 Å². The molecule has 7 N–H and O–H groups in total. The summed E-state index contributed by atoms with van der Waals surface area (Å²) in [7, 11) is 0. The molecular formula is C32H26O7. The Hall–Kier alpha value is -5.30. The molecule has 0 fully saturated rings. The highest BCUT2D eigenvalue weighted by Crippen LogP contribution is 2.53. The van der Waals surface area contributed by atoms with Crippen molar-refractivity contribution in [2.24, 2.45) is 0 Å². The Morgan fingerprint density at radius 3 is 1.13 bits per heavy atom. The molecule has 5 aromatic rings. The molecule has 7 heteroatoms. The molecule has 5 aromatic carbocycles. The molecule has 39 heavy (non-hydrogen) atoms. The van der Waals surface area contributed by atoms with Gasteiger partial charge < -0.3 is 35.7 Å². The summed E-state index contributed by atoms with van der Waals surface area (Å²) in [5, 5.41) is 73.8.